The molecule has 0 aliphatic heterocycles. The molecule has 22 rings (SSSR count). The first kappa shape index (κ1) is 73.4. The van der Waals surface area contributed by atoms with Gasteiger partial charge >= 0.3 is 0 Å². The Kier molecular flexibility index (Phi) is 19.1. The summed E-state index contributed by atoms with van der Waals surface area (Å²) in [5.74, 6) is 1.56. The van der Waals surface area contributed by atoms with Crippen molar-refractivity contribution in [1.29, 1.82) is 0 Å². The summed E-state index contributed by atoms with van der Waals surface area (Å²) in [6.45, 7) is 9.39. The number of para-hydroxylation sites is 4. The van der Waals surface area contributed by atoms with Gasteiger partial charge < -0.3 is 9.80 Å². The zero-order valence-electron chi connectivity index (χ0n) is 66.9. The third-order valence-electron chi connectivity index (χ3n) is 23.7. The van der Waals surface area contributed by atoms with Crippen LogP contribution in [0.25, 0.3) is 134 Å². The van der Waals surface area contributed by atoms with Crippen molar-refractivity contribution < 1.29 is 0 Å². The quantitative estimate of drug-likeness (QED) is 0.0994. The summed E-state index contributed by atoms with van der Waals surface area (Å²) >= 11 is 0. The monoisotopic (exact) mass is 1540 g/mol. The first-order valence-corrected chi connectivity index (χ1v) is 40.8. The van der Waals surface area contributed by atoms with Crippen LogP contribution in [-0.4, -0.2) is 39.7 Å². The van der Waals surface area contributed by atoms with E-state index < -0.39 is 0 Å². The lowest BCUT2D eigenvalue weighted by molar-refractivity contribution is 0.660. The van der Waals surface area contributed by atoms with Crippen LogP contribution in [0.2, 0.25) is 0 Å². The molecule has 0 saturated carbocycles. The molecule has 10 heteroatoms. The number of hydrogen-bond acceptors (Lipinski definition) is 8. The van der Waals surface area contributed by atoms with Crippen LogP contribution in [0, 0.1) is 0 Å². The van der Waals surface area contributed by atoms with Gasteiger partial charge in [0.05, 0.1) is 22.2 Å². The Labute approximate surface area is 698 Å². The van der Waals surface area contributed by atoms with Gasteiger partial charge in [-0.1, -0.05) is 312 Å². The van der Waals surface area contributed by atoms with Crippen molar-refractivity contribution in [3.8, 4) is 101 Å². The van der Waals surface area contributed by atoms with E-state index in [1.807, 2.05) is 89.9 Å². The van der Waals surface area contributed by atoms with E-state index in [-0.39, 0.29) is 10.8 Å². The van der Waals surface area contributed by atoms with E-state index in [1.165, 1.54) is 83.5 Å². The van der Waals surface area contributed by atoms with Crippen molar-refractivity contribution in [2.24, 2.45) is 0 Å². The van der Waals surface area contributed by atoms with Crippen LogP contribution in [0.5, 0.6) is 0 Å². The molecule has 0 unspecified atom stereocenters. The Morgan fingerprint density at radius 1 is 0.242 bits per heavy atom. The van der Waals surface area contributed by atoms with Gasteiger partial charge in [0.1, 0.15) is 5.52 Å². The minimum Gasteiger partial charge on any atom is -0.310 e. The van der Waals surface area contributed by atoms with Crippen molar-refractivity contribution in [2.45, 2.75) is 38.5 Å². The standard InChI is InChI=1S/C54H44N2.C32H22N6.C24H16N2/c1-53(2)49-21-13-11-19-45(49)47-33-31-43(35-51(47)53)55(39-15-7-5-8-16-39)41-27-23-37(24-28-41)38-25-29-42(30-26-38)56(40-17-9-6-10-18-40)44-32-34-48-46-20-12-14-22-50(46)54(3,4)52(48)36-44;1-3-9-23(10-4-1)24-15-17-25(18-16-24)31-34-35-32(37(31)27-11-5-2-6-12-27)26-19-21-28(22-20-26)38-30-14-8-7-13-29(30)33-36-38;1-3-7-17(8-4-1)19-13-15-25-23-21(19)11-12-22-20(14-16-26-24(22)23)18-9-5-2-6-10-18/h5-36H,1-4H3;1-22H;1-16H. The number of fused-ring (bicyclic) bond motifs is 10. The fourth-order valence-electron chi connectivity index (χ4n) is 17.6. The molecule has 4 aromatic heterocycles. The molecule has 0 radical (unpaired) electrons. The molecule has 0 fully saturated rings. The van der Waals surface area contributed by atoms with Crippen molar-refractivity contribution >= 4 is 67.0 Å². The Balaban J connectivity index is 0.000000124. The number of benzene rings is 16. The van der Waals surface area contributed by atoms with Crippen LogP contribution < -0.4 is 9.80 Å². The van der Waals surface area contributed by atoms with Crippen LogP contribution >= 0.6 is 0 Å². The lowest BCUT2D eigenvalue weighted by Crippen LogP contribution is -2.16. The predicted molar refractivity (Wildman–Crippen MR) is 494 cm³/mol. The second kappa shape index (κ2) is 31.3. The van der Waals surface area contributed by atoms with Crippen LogP contribution in [0.3, 0.4) is 0 Å². The van der Waals surface area contributed by atoms with Gasteiger partial charge in [0, 0.05) is 84.9 Å². The molecule has 16 aromatic carbocycles. The van der Waals surface area contributed by atoms with E-state index in [0.717, 1.165) is 107 Å². The van der Waals surface area contributed by atoms with Gasteiger partial charge in [0.2, 0.25) is 0 Å². The van der Waals surface area contributed by atoms with Gasteiger partial charge in [-0.2, -0.15) is 0 Å². The summed E-state index contributed by atoms with van der Waals surface area (Å²) in [7, 11) is 0. The van der Waals surface area contributed by atoms with Crippen LogP contribution in [0.1, 0.15) is 49.9 Å². The summed E-state index contributed by atoms with van der Waals surface area (Å²) in [6, 6.07) is 146. The number of hydrogen-bond donors (Lipinski definition) is 0. The largest absolute Gasteiger partial charge is 0.310 e. The summed E-state index contributed by atoms with van der Waals surface area (Å²) in [5.41, 5.74) is 34.7. The first-order valence-electron chi connectivity index (χ1n) is 40.8. The number of rotatable bonds is 14. The van der Waals surface area contributed by atoms with E-state index in [2.05, 4.69) is 412 Å². The molecule has 0 saturated heterocycles. The SMILES string of the molecule is CC1(C)c2ccccc2-c2ccc(N(c3ccccc3)c3ccc(-c4ccc(N(c5ccccc5)c5ccc6c(c5)C(C)(C)c5ccccc5-6)cc4)cc3)cc21.c1ccc(-c2ccc(-c3nnc(-c4ccc(-n5nnc6ccccc65)cc4)n3-c3ccccc3)cc2)cc1.c1ccc(-c2ccnc3c2ccc2c(-c4ccccc4)ccnc23)cc1. The molecular formula is C110H82N10. The highest BCUT2D eigenvalue weighted by molar-refractivity contribution is 6.12. The summed E-state index contributed by atoms with van der Waals surface area (Å²) < 4.78 is 3.96. The molecule has 2 aliphatic rings. The van der Waals surface area contributed by atoms with Crippen LogP contribution in [0.4, 0.5) is 34.1 Å². The Bertz CT molecular complexity index is 6800. The first-order chi connectivity index (χ1) is 59.1. The van der Waals surface area contributed by atoms with Crippen LogP contribution in [-0.2, 0) is 10.8 Å². The highest BCUT2D eigenvalue weighted by Crippen LogP contribution is 2.53. The van der Waals surface area contributed by atoms with Gasteiger partial charge in [-0.25, -0.2) is 4.68 Å². The summed E-state index contributed by atoms with van der Waals surface area (Å²) in [5, 5.41) is 20.2. The van der Waals surface area contributed by atoms with E-state index >= 15 is 0 Å². The van der Waals surface area contributed by atoms with Crippen molar-refractivity contribution in [3.05, 3.63) is 447 Å². The number of pyridine rings is 2. The lowest BCUT2D eigenvalue weighted by Gasteiger charge is -2.28. The Morgan fingerprint density at radius 3 is 1.04 bits per heavy atom. The minimum atomic E-state index is -0.0700. The highest BCUT2D eigenvalue weighted by Gasteiger charge is 2.38. The van der Waals surface area contributed by atoms with E-state index in [1.54, 1.807) is 0 Å². The molecule has 20 aromatic rings. The molecule has 0 N–H and O–H groups in total. The number of anilines is 6. The maximum absolute atomic E-state index is 4.67. The molecule has 120 heavy (non-hydrogen) atoms. The second-order valence-corrected chi connectivity index (χ2v) is 31.5. The third-order valence-corrected chi connectivity index (χ3v) is 23.7. The van der Waals surface area contributed by atoms with Crippen molar-refractivity contribution in [1.82, 2.24) is 39.7 Å². The molecular weight excluding hydrogens is 1460 g/mol. The molecule has 0 amide bonds. The molecule has 0 spiro atoms. The fraction of sp³-hybridized carbons (Fsp3) is 0.0545. The average molecular weight is 1540 g/mol. The zero-order valence-corrected chi connectivity index (χ0v) is 66.9. The van der Waals surface area contributed by atoms with Gasteiger partial charge in [-0.15, -0.1) is 15.3 Å². The smallest absolute Gasteiger partial charge is 0.168 e. The highest BCUT2D eigenvalue weighted by atomic mass is 15.4. The Hall–Kier alpha value is -15.5. The molecule has 572 valence electrons. The number of aromatic nitrogens is 8. The summed E-state index contributed by atoms with van der Waals surface area (Å²) in [6.07, 6.45) is 3.75. The van der Waals surface area contributed by atoms with Crippen LogP contribution in [0.15, 0.2) is 425 Å². The predicted octanol–water partition coefficient (Wildman–Crippen LogP) is 28.0. The normalized spacial score (nSPS) is 12.5. The van der Waals surface area contributed by atoms with Gasteiger partial charge in [-0.05, 0) is 222 Å². The topological polar surface area (TPSA) is 93.7 Å². The van der Waals surface area contributed by atoms with E-state index in [4.69, 9.17) is 0 Å². The maximum Gasteiger partial charge on any atom is 0.168 e. The maximum atomic E-state index is 4.67. The molecule has 0 atom stereocenters. The Morgan fingerprint density at radius 2 is 0.583 bits per heavy atom. The van der Waals surface area contributed by atoms with E-state index in [0.29, 0.717) is 0 Å². The van der Waals surface area contributed by atoms with E-state index in [9.17, 15) is 0 Å². The molecule has 4 heterocycles. The molecule has 2 aliphatic carbocycles. The molecule has 10 nitrogen and oxygen atoms in total. The van der Waals surface area contributed by atoms with Gasteiger partial charge in [0.15, 0.2) is 11.6 Å². The average Bonchev–Trinajstić information content (AvgIpc) is 1.58. The summed E-state index contributed by atoms with van der Waals surface area (Å²) in [4.78, 5) is 14.1. The van der Waals surface area contributed by atoms with Gasteiger partial charge in [0.25, 0.3) is 0 Å². The van der Waals surface area contributed by atoms with Crippen molar-refractivity contribution in [3.63, 3.8) is 0 Å². The second-order valence-electron chi connectivity index (χ2n) is 31.5. The number of nitrogens with zero attached hydrogens (tertiary/aromatic N) is 10. The molecule has 0 bridgehead atoms. The lowest BCUT2D eigenvalue weighted by atomic mass is 9.82. The third kappa shape index (κ3) is 13.6. The van der Waals surface area contributed by atoms with Crippen molar-refractivity contribution in [2.75, 3.05) is 9.80 Å². The van der Waals surface area contributed by atoms with Gasteiger partial charge in [-0.3, -0.25) is 14.5 Å². The zero-order chi connectivity index (χ0) is 80.7. The fourth-order valence-corrected chi connectivity index (χ4v) is 17.6. The minimum absolute atomic E-state index is 0.0700.